The van der Waals surface area contributed by atoms with Crippen molar-refractivity contribution in [2.75, 3.05) is 18.8 Å². The van der Waals surface area contributed by atoms with E-state index in [0.717, 1.165) is 5.56 Å². The third kappa shape index (κ3) is 8.19. The van der Waals surface area contributed by atoms with Crippen molar-refractivity contribution < 1.29 is 27.1 Å². The highest BCUT2D eigenvalue weighted by Gasteiger charge is 2.44. The largest absolute Gasteiger partial charge is 0.444 e. The van der Waals surface area contributed by atoms with E-state index in [2.05, 4.69) is 0 Å². The first-order valence-electron chi connectivity index (χ1n) is 15.4. The molecule has 1 amide bonds. The zero-order valence-electron chi connectivity index (χ0n) is 26.3. The number of carbonyl (C=O) groups excluding carboxylic acids is 2. The summed E-state index contributed by atoms with van der Waals surface area (Å²) in [5.41, 5.74) is 7.65. The van der Waals surface area contributed by atoms with Gasteiger partial charge in [0.1, 0.15) is 11.4 Å². The van der Waals surface area contributed by atoms with E-state index in [0.29, 0.717) is 29.0 Å². The van der Waals surface area contributed by atoms with Gasteiger partial charge in [-0.1, -0.05) is 49.7 Å². The third-order valence-corrected chi connectivity index (χ3v) is 10.8. The molecule has 0 saturated carbocycles. The van der Waals surface area contributed by atoms with Crippen molar-refractivity contribution in [2.45, 2.75) is 96.4 Å². The number of sulfonamides is 1. The van der Waals surface area contributed by atoms with E-state index in [4.69, 9.17) is 22.1 Å². The van der Waals surface area contributed by atoms with Crippen molar-refractivity contribution in [3.8, 4) is 0 Å². The lowest BCUT2D eigenvalue weighted by Gasteiger charge is -2.44. The Balaban J connectivity index is 1.55. The van der Waals surface area contributed by atoms with E-state index >= 15 is 4.39 Å². The van der Waals surface area contributed by atoms with E-state index in [9.17, 15) is 18.0 Å². The maximum atomic E-state index is 15.3. The fraction of sp³-hybridized carbons (Fsp3) is 0.576. The molecule has 2 aliphatic heterocycles. The number of hydrogen-bond acceptors (Lipinski definition) is 6. The highest BCUT2D eigenvalue weighted by Crippen LogP contribution is 2.32. The molecule has 0 aliphatic carbocycles. The van der Waals surface area contributed by atoms with Gasteiger partial charge in [-0.25, -0.2) is 17.6 Å². The molecule has 44 heavy (non-hydrogen) atoms. The molecule has 8 nitrogen and oxygen atoms in total. The summed E-state index contributed by atoms with van der Waals surface area (Å²) in [7, 11) is -3.54. The fourth-order valence-electron chi connectivity index (χ4n) is 6.47. The first-order valence-corrected chi connectivity index (χ1v) is 17.3. The van der Waals surface area contributed by atoms with Crippen LogP contribution in [0.2, 0.25) is 5.02 Å². The van der Waals surface area contributed by atoms with Gasteiger partial charge < -0.3 is 15.4 Å². The standard InChI is InChI=1S/C33H45ClFN3O5S/c1-21(2)30(22-11-13-24(34)14-12-22)31(36)29(39)18-23-8-6-10-28(35)27(23)16-15-26-19-37(32(40)43-33(3,4)5)25-9-7-17-44(41,42)38(26)20-25/h6,8,10-14,21,25-26,30-31H,7,9,15-20,36H2,1-5H3/t25?,26?,30-,31-/m1/s1. The summed E-state index contributed by atoms with van der Waals surface area (Å²) in [6, 6.07) is 10.3. The summed E-state index contributed by atoms with van der Waals surface area (Å²) in [6.45, 7) is 9.73. The number of piperazine rings is 1. The number of hydrogen-bond donors (Lipinski definition) is 1. The molecular formula is C33H45ClFN3O5S. The number of benzene rings is 2. The average Bonchev–Trinajstić information content (AvgIpc) is 3.05. The summed E-state index contributed by atoms with van der Waals surface area (Å²) in [4.78, 5) is 28.3. The van der Waals surface area contributed by atoms with Crippen LogP contribution in [-0.4, -0.2) is 72.1 Å². The molecular weight excluding hydrogens is 605 g/mol. The Labute approximate surface area is 266 Å². The Morgan fingerprint density at radius 1 is 1.11 bits per heavy atom. The van der Waals surface area contributed by atoms with Gasteiger partial charge >= 0.3 is 6.09 Å². The van der Waals surface area contributed by atoms with Crippen LogP contribution in [0.5, 0.6) is 0 Å². The summed E-state index contributed by atoms with van der Waals surface area (Å²) in [6.07, 6.45) is 0.956. The maximum absolute atomic E-state index is 15.3. The number of ketones is 1. The predicted octanol–water partition coefficient (Wildman–Crippen LogP) is 5.70. The summed E-state index contributed by atoms with van der Waals surface area (Å²) in [5.74, 6) is -0.847. The molecule has 2 saturated heterocycles. The minimum absolute atomic E-state index is 0.00410. The van der Waals surface area contributed by atoms with E-state index in [1.54, 1.807) is 49.9 Å². The van der Waals surface area contributed by atoms with Gasteiger partial charge in [0.25, 0.3) is 0 Å². The average molecular weight is 650 g/mol. The van der Waals surface area contributed by atoms with Gasteiger partial charge in [0.15, 0.2) is 5.78 Å². The number of Topliss-reactive ketones (excluding diaryl/α,β-unsaturated/α-hetero) is 1. The van der Waals surface area contributed by atoms with Crippen LogP contribution in [0.1, 0.15) is 76.5 Å². The zero-order chi connectivity index (χ0) is 32.4. The van der Waals surface area contributed by atoms with E-state index in [1.807, 2.05) is 26.0 Å². The van der Waals surface area contributed by atoms with E-state index in [1.165, 1.54) is 10.4 Å². The number of rotatable bonds is 9. The molecule has 242 valence electrons. The van der Waals surface area contributed by atoms with Gasteiger partial charge in [-0.05, 0) is 87.3 Å². The van der Waals surface area contributed by atoms with Crippen molar-refractivity contribution in [3.63, 3.8) is 0 Å². The minimum Gasteiger partial charge on any atom is -0.444 e. The van der Waals surface area contributed by atoms with Crippen LogP contribution >= 0.6 is 11.6 Å². The van der Waals surface area contributed by atoms with Crippen molar-refractivity contribution in [3.05, 3.63) is 70.0 Å². The molecule has 3 unspecified atom stereocenters. The van der Waals surface area contributed by atoms with E-state index < -0.39 is 39.6 Å². The number of nitrogens with zero attached hydrogens (tertiary/aromatic N) is 2. The van der Waals surface area contributed by atoms with Crippen LogP contribution in [0.3, 0.4) is 0 Å². The molecule has 0 aromatic heterocycles. The van der Waals surface area contributed by atoms with Gasteiger partial charge in [0.05, 0.1) is 11.8 Å². The second-order valence-electron chi connectivity index (χ2n) is 13.4. The topological polar surface area (TPSA) is 110 Å². The maximum Gasteiger partial charge on any atom is 0.410 e. The molecule has 2 N–H and O–H groups in total. The number of fused-ring (bicyclic) bond motifs is 2. The highest BCUT2D eigenvalue weighted by molar-refractivity contribution is 7.89. The Kier molecular flexibility index (Phi) is 10.8. The molecule has 0 radical (unpaired) electrons. The van der Waals surface area contributed by atoms with Gasteiger partial charge in [0, 0.05) is 42.5 Å². The summed E-state index contributed by atoms with van der Waals surface area (Å²) < 4.78 is 48.9. The Morgan fingerprint density at radius 3 is 2.43 bits per heavy atom. The lowest BCUT2D eigenvalue weighted by molar-refractivity contribution is -0.120. The van der Waals surface area contributed by atoms with Gasteiger partial charge in [0.2, 0.25) is 10.0 Å². The smallest absolute Gasteiger partial charge is 0.410 e. The Morgan fingerprint density at radius 2 is 1.80 bits per heavy atom. The van der Waals surface area contributed by atoms with Crippen LogP contribution in [0.15, 0.2) is 42.5 Å². The Hall–Kier alpha value is -2.53. The van der Waals surface area contributed by atoms with Crippen LogP contribution < -0.4 is 5.73 Å². The number of halogens is 2. The van der Waals surface area contributed by atoms with Crippen molar-refractivity contribution in [2.24, 2.45) is 11.7 Å². The van der Waals surface area contributed by atoms with Gasteiger partial charge in [-0.2, -0.15) is 4.31 Å². The first kappa shape index (κ1) is 34.3. The SMILES string of the molecule is CC(C)[C@H](c1ccc(Cl)cc1)[C@H](N)C(=O)Cc1cccc(F)c1CCC1CN(C(=O)OC(C)(C)C)C2CCCS(=O)(=O)N1C2. The number of ether oxygens (including phenoxy) is 1. The van der Waals surface area contributed by atoms with Gasteiger partial charge in [-0.15, -0.1) is 0 Å². The fourth-order valence-corrected chi connectivity index (χ4v) is 8.38. The van der Waals surface area contributed by atoms with Crippen molar-refractivity contribution in [1.29, 1.82) is 0 Å². The third-order valence-electron chi connectivity index (χ3n) is 8.61. The lowest BCUT2D eigenvalue weighted by atomic mass is 9.80. The van der Waals surface area contributed by atoms with Crippen LogP contribution in [0.25, 0.3) is 0 Å². The normalized spacial score (nSPS) is 23.1. The van der Waals surface area contributed by atoms with Crippen LogP contribution in [-0.2, 0) is 32.4 Å². The lowest BCUT2D eigenvalue weighted by Crippen LogP contribution is -2.60. The van der Waals surface area contributed by atoms with Crippen LogP contribution in [0.4, 0.5) is 9.18 Å². The monoisotopic (exact) mass is 649 g/mol. The molecule has 4 rings (SSSR count). The molecule has 2 bridgehead atoms. The molecule has 5 atom stereocenters. The Bertz CT molecular complexity index is 1440. The second-order valence-corrected chi connectivity index (χ2v) is 15.9. The van der Waals surface area contributed by atoms with Crippen molar-refractivity contribution in [1.82, 2.24) is 9.21 Å². The molecule has 0 spiro atoms. The minimum atomic E-state index is -3.54. The molecule has 2 aromatic rings. The molecule has 2 fully saturated rings. The predicted molar refractivity (Wildman–Crippen MR) is 171 cm³/mol. The quantitative estimate of drug-likeness (QED) is 0.373. The van der Waals surface area contributed by atoms with Crippen molar-refractivity contribution >= 4 is 33.5 Å². The summed E-state index contributed by atoms with van der Waals surface area (Å²) in [5, 5.41) is 0.594. The number of amides is 1. The highest BCUT2D eigenvalue weighted by atomic mass is 35.5. The molecule has 2 aromatic carbocycles. The molecule has 11 heteroatoms. The summed E-state index contributed by atoms with van der Waals surface area (Å²) >= 11 is 6.07. The first-order chi connectivity index (χ1) is 20.6. The van der Waals surface area contributed by atoms with Crippen LogP contribution in [0, 0.1) is 11.7 Å². The van der Waals surface area contributed by atoms with Gasteiger partial charge in [-0.3, -0.25) is 4.79 Å². The van der Waals surface area contributed by atoms with E-state index in [-0.39, 0.29) is 61.8 Å². The zero-order valence-corrected chi connectivity index (χ0v) is 27.8. The molecule has 2 aliphatic rings. The second kappa shape index (κ2) is 13.8. The molecule has 2 heterocycles. The number of nitrogens with two attached hydrogens (primary N) is 1. The number of carbonyl (C=O) groups is 2.